The highest BCUT2D eigenvalue weighted by Gasteiger charge is 2.50. The number of esters is 3. The molecule has 0 aliphatic carbocycles. The van der Waals surface area contributed by atoms with Gasteiger partial charge in [-0.25, -0.2) is 14.4 Å². The lowest BCUT2D eigenvalue weighted by Gasteiger charge is -2.41. The maximum Gasteiger partial charge on any atom is 0.339 e. The fourth-order valence-corrected chi connectivity index (χ4v) is 4.10. The first-order valence-corrected chi connectivity index (χ1v) is 12.4. The number of hydrogen-bond donors (Lipinski definition) is 11. The van der Waals surface area contributed by atoms with Crippen LogP contribution in [0.4, 0.5) is 0 Å². The molecule has 0 amide bonds. The predicted molar refractivity (Wildman–Crippen MR) is 140 cm³/mol. The molecule has 0 bridgehead atoms. The van der Waals surface area contributed by atoms with Crippen LogP contribution in [0.25, 0.3) is 0 Å². The molecule has 1 saturated heterocycles. The maximum absolute atomic E-state index is 12.9. The van der Waals surface area contributed by atoms with Crippen LogP contribution in [0, 0.1) is 0 Å². The number of phenols is 9. The van der Waals surface area contributed by atoms with Gasteiger partial charge in [0.2, 0.25) is 0 Å². The van der Waals surface area contributed by atoms with Crippen molar-refractivity contribution in [3.8, 4) is 51.7 Å². The smallest absolute Gasteiger partial charge is 0.339 e. The van der Waals surface area contributed by atoms with E-state index in [4.69, 9.17) is 18.9 Å². The van der Waals surface area contributed by atoms with Gasteiger partial charge in [-0.3, -0.25) is 0 Å². The number of carbonyl (C=O) groups is 3. The Labute approximate surface area is 249 Å². The zero-order valence-electron chi connectivity index (χ0n) is 22.3. The predicted octanol–water partition coefficient (Wildman–Crippen LogP) is -0.277. The van der Waals surface area contributed by atoms with E-state index in [2.05, 4.69) is 0 Å². The molecule has 1 aliphatic rings. The molecular weight excluding hydrogens is 612 g/mol. The third-order valence-corrected chi connectivity index (χ3v) is 6.42. The molecule has 1 aliphatic heterocycles. The summed E-state index contributed by atoms with van der Waals surface area (Å²) >= 11 is 0. The van der Waals surface area contributed by atoms with E-state index in [-0.39, 0.29) is 0 Å². The minimum Gasteiger partial charge on any atom is -0.504 e. The molecule has 3 aromatic carbocycles. The van der Waals surface area contributed by atoms with Crippen LogP contribution in [0.2, 0.25) is 0 Å². The molecule has 240 valence electrons. The lowest BCUT2D eigenvalue weighted by Crippen LogP contribution is -2.61. The minimum absolute atomic E-state index is 0.462. The van der Waals surface area contributed by atoms with Gasteiger partial charge in [-0.05, 0) is 36.4 Å². The van der Waals surface area contributed by atoms with Crippen LogP contribution in [0.15, 0.2) is 36.4 Å². The van der Waals surface area contributed by atoms with Crippen LogP contribution in [0.3, 0.4) is 0 Å². The fourth-order valence-electron chi connectivity index (χ4n) is 4.10. The number of aliphatic hydroxyl groups excluding tert-OH is 2. The summed E-state index contributed by atoms with van der Waals surface area (Å²) in [4.78, 5) is 38.2. The molecule has 0 saturated carbocycles. The third kappa shape index (κ3) is 6.56. The summed E-state index contributed by atoms with van der Waals surface area (Å²) in [6, 6.07) is 4.18. The van der Waals surface area contributed by atoms with Crippen LogP contribution in [0.5, 0.6) is 51.7 Å². The molecule has 0 aromatic heterocycles. The largest absolute Gasteiger partial charge is 0.504 e. The Morgan fingerprint density at radius 1 is 0.556 bits per heavy atom. The van der Waals surface area contributed by atoms with Gasteiger partial charge in [0, 0.05) is 0 Å². The van der Waals surface area contributed by atoms with Crippen LogP contribution in [0.1, 0.15) is 31.1 Å². The van der Waals surface area contributed by atoms with E-state index in [0.717, 1.165) is 12.1 Å². The second kappa shape index (κ2) is 12.4. The first-order chi connectivity index (χ1) is 21.1. The van der Waals surface area contributed by atoms with E-state index < -0.39 is 124 Å². The Kier molecular flexibility index (Phi) is 8.84. The third-order valence-electron chi connectivity index (χ3n) is 6.42. The van der Waals surface area contributed by atoms with Crippen molar-refractivity contribution in [3.05, 3.63) is 53.1 Å². The van der Waals surface area contributed by atoms with E-state index in [0.29, 0.717) is 24.3 Å². The Morgan fingerprint density at radius 2 is 0.889 bits per heavy atom. The standard InChI is InChI=1S/C27H24O18/c28-11-1-8(2-12(29)18(11)34)24(38)42-7-17-21(37)22(44-25(39)9-3-13(30)19(35)14(31)4-9)23(27(41)43-17)45-26(40)10-5-15(32)20(36)16(33)6-10/h1-6,17,21-23,27-37,41H,7H2/t17?,21-,22+,23?,27-/m1/s1. The zero-order valence-corrected chi connectivity index (χ0v) is 22.3. The number of phenolic OH excluding ortho intramolecular Hbond substituents is 9. The molecule has 4 rings (SSSR count). The Balaban J connectivity index is 1.60. The highest BCUT2D eigenvalue weighted by atomic mass is 16.7. The van der Waals surface area contributed by atoms with Gasteiger partial charge in [0.1, 0.15) is 18.8 Å². The number of ether oxygens (including phenoxy) is 4. The van der Waals surface area contributed by atoms with Crippen LogP contribution in [-0.2, 0) is 18.9 Å². The van der Waals surface area contributed by atoms with Crippen molar-refractivity contribution < 1.29 is 89.5 Å². The van der Waals surface area contributed by atoms with Crippen molar-refractivity contribution in [1.29, 1.82) is 0 Å². The van der Waals surface area contributed by atoms with E-state index in [1.807, 2.05) is 0 Å². The normalized spacial score (nSPS) is 21.1. The summed E-state index contributed by atoms with van der Waals surface area (Å²) in [7, 11) is 0. The molecule has 1 heterocycles. The highest BCUT2D eigenvalue weighted by molar-refractivity contribution is 5.92. The zero-order chi connectivity index (χ0) is 33.3. The molecular formula is C27H24O18. The Bertz CT molecular complexity index is 1580. The summed E-state index contributed by atoms with van der Waals surface area (Å²) in [5.74, 6) is -12.4. The van der Waals surface area contributed by atoms with E-state index >= 15 is 0 Å². The first-order valence-electron chi connectivity index (χ1n) is 12.4. The van der Waals surface area contributed by atoms with E-state index in [1.165, 1.54) is 0 Å². The molecule has 2 unspecified atom stereocenters. The van der Waals surface area contributed by atoms with E-state index in [9.17, 15) is 70.6 Å². The molecule has 11 N–H and O–H groups in total. The summed E-state index contributed by atoms with van der Waals surface area (Å²) in [5.41, 5.74) is -1.64. The molecule has 18 heteroatoms. The monoisotopic (exact) mass is 636 g/mol. The fraction of sp³-hybridized carbons (Fsp3) is 0.222. The summed E-state index contributed by atoms with van der Waals surface area (Å²) in [6.45, 7) is -0.894. The van der Waals surface area contributed by atoms with Crippen molar-refractivity contribution in [1.82, 2.24) is 0 Å². The number of aromatic hydroxyl groups is 9. The Hall–Kier alpha value is -5.85. The van der Waals surface area contributed by atoms with Gasteiger partial charge in [0.05, 0.1) is 16.7 Å². The van der Waals surface area contributed by atoms with Crippen LogP contribution >= 0.6 is 0 Å². The van der Waals surface area contributed by atoms with E-state index in [1.54, 1.807) is 0 Å². The molecule has 5 atom stereocenters. The number of benzene rings is 3. The second-order valence-electron chi connectivity index (χ2n) is 9.48. The van der Waals surface area contributed by atoms with Gasteiger partial charge in [0.25, 0.3) is 0 Å². The maximum atomic E-state index is 12.9. The van der Waals surface area contributed by atoms with Gasteiger partial charge < -0.3 is 75.1 Å². The average Bonchev–Trinajstić information content (AvgIpc) is 2.98. The summed E-state index contributed by atoms with van der Waals surface area (Å²) in [6.07, 6.45) is -10.2. The summed E-state index contributed by atoms with van der Waals surface area (Å²) in [5, 5.41) is 108. The van der Waals surface area contributed by atoms with Gasteiger partial charge in [-0.15, -0.1) is 0 Å². The van der Waals surface area contributed by atoms with Gasteiger partial charge in [-0.1, -0.05) is 0 Å². The first kappa shape index (κ1) is 32.1. The van der Waals surface area contributed by atoms with Gasteiger partial charge in [0.15, 0.2) is 70.2 Å². The lowest BCUT2D eigenvalue weighted by molar-refractivity contribution is -0.284. The summed E-state index contributed by atoms with van der Waals surface area (Å²) < 4.78 is 20.5. The van der Waals surface area contributed by atoms with Crippen molar-refractivity contribution in [2.24, 2.45) is 0 Å². The van der Waals surface area contributed by atoms with Crippen molar-refractivity contribution in [2.45, 2.75) is 30.7 Å². The number of hydrogen-bond acceptors (Lipinski definition) is 18. The second-order valence-corrected chi connectivity index (χ2v) is 9.48. The molecule has 0 spiro atoms. The van der Waals surface area contributed by atoms with Gasteiger partial charge >= 0.3 is 17.9 Å². The van der Waals surface area contributed by atoms with Crippen LogP contribution in [-0.4, -0.2) is 111 Å². The van der Waals surface area contributed by atoms with Gasteiger partial charge in [-0.2, -0.15) is 0 Å². The molecule has 18 nitrogen and oxygen atoms in total. The number of carbonyl (C=O) groups excluding carboxylic acids is 3. The Morgan fingerprint density at radius 3 is 1.27 bits per heavy atom. The molecule has 3 aromatic rings. The van der Waals surface area contributed by atoms with Crippen molar-refractivity contribution >= 4 is 17.9 Å². The minimum atomic E-state index is -2.23. The highest BCUT2D eigenvalue weighted by Crippen LogP contribution is 2.38. The average molecular weight is 636 g/mol. The molecule has 45 heavy (non-hydrogen) atoms. The molecule has 0 radical (unpaired) electrons. The number of aliphatic hydroxyl groups is 2. The lowest BCUT2D eigenvalue weighted by atomic mass is 9.98. The van der Waals surface area contributed by atoms with Crippen molar-refractivity contribution in [3.63, 3.8) is 0 Å². The van der Waals surface area contributed by atoms with Crippen molar-refractivity contribution in [2.75, 3.05) is 6.61 Å². The molecule has 1 fully saturated rings. The quantitative estimate of drug-likeness (QED) is 0.0902. The topological polar surface area (TPSA) is 311 Å². The van der Waals surface area contributed by atoms with Crippen LogP contribution < -0.4 is 0 Å². The SMILES string of the molecule is O=C(OCC1O[C@@H](O)C(OC(=O)c2cc(O)c(O)c(O)c2)[C@@H](OC(=O)c2cc(O)c(O)c(O)c2)[C@@H]1O)c1cc(O)c(O)c(O)c1. The number of rotatable bonds is 7.